The van der Waals surface area contributed by atoms with Crippen LogP contribution in [0, 0.1) is 0 Å². The maximum Gasteiger partial charge on any atom is 0.0780 e. The summed E-state index contributed by atoms with van der Waals surface area (Å²) < 4.78 is 1.12. The van der Waals surface area contributed by atoms with E-state index in [1.165, 1.54) is 70.8 Å². The molecule has 0 aromatic carbocycles. The lowest BCUT2D eigenvalue weighted by molar-refractivity contribution is -0.870. The first kappa shape index (κ1) is 29.5. The third kappa shape index (κ3) is 38.5. The third-order valence-electron chi connectivity index (χ3n) is 3.18. The number of rotatable bonds is 11. The minimum Gasteiger partial charge on any atom is -1.00 e. The molecule has 0 unspecified atom stereocenters. The molecule has 0 radical (unpaired) electrons. The molecule has 2 nitrogen and oxygen atoms in total. The smallest absolute Gasteiger partial charge is 0.0780 e. The Bertz CT molecular complexity index is 159. The number of hydrogen-bond donors (Lipinski definition) is 1. The average molecular weight is 345 g/mol. The van der Waals surface area contributed by atoms with Crippen molar-refractivity contribution in [3.8, 4) is 0 Å². The van der Waals surface area contributed by atoms with Crippen molar-refractivity contribution in [1.82, 2.24) is 0 Å². The molecule has 0 saturated heterocycles. The quantitative estimate of drug-likeness (QED) is 0.313. The summed E-state index contributed by atoms with van der Waals surface area (Å²) in [5.41, 5.74) is 0. The second-order valence-corrected chi connectivity index (χ2v) is 6.77. The Labute approximate surface area is 147 Å². The second kappa shape index (κ2) is 22.8. The van der Waals surface area contributed by atoms with E-state index in [-0.39, 0.29) is 24.8 Å². The summed E-state index contributed by atoms with van der Waals surface area (Å²) in [4.78, 5) is 0. The number of quaternary nitrogens is 2. The Kier molecular flexibility index (Phi) is 32.0. The summed E-state index contributed by atoms with van der Waals surface area (Å²) >= 11 is 0. The highest BCUT2D eigenvalue weighted by Gasteiger charge is 2.04. The normalized spacial score (nSPS) is 10.0. The van der Waals surface area contributed by atoms with Gasteiger partial charge in [0.05, 0.1) is 41.8 Å². The third-order valence-corrected chi connectivity index (χ3v) is 3.18. The van der Waals surface area contributed by atoms with Gasteiger partial charge in [0.15, 0.2) is 0 Å². The summed E-state index contributed by atoms with van der Waals surface area (Å²) in [7, 11) is 10.9. The molecule has 2 N–H and O–H groups in total. The molecule has 0 saturated carbocycles. The zero-order valence-electron chi connectivity index (χ0n) is 15.6. The fourth-order valence-electron chi connectivity index (χ4n) is 2.07. The van der Waals surface area contributed by atoms with Crippen molar-refractivity contribution in [2.45, 2.75) is 71.1 Å². The van der Waals surface area contributed by atoms with Crippen LogP contribution in [0.15, 0.2) is 0 Å². The van der Waals surface area contributed by atoms with Crippen LogP contribution in [0.4, 0.5) is 0 Å². The summed E-state index contributed by atoms with van der Waals surface area (Å²) in [6.45, 7) is 3.62. The van der Waals surface area contributed by atoms with E-state index in [4.69, 9.17) is 0 Å². The predicted octanol–water partition coefficient (Wildman–Crippen LogP) is -2.57. The molecule has 0 aromatic heterocycles. The highest BCUT2D eigenvalue weighted by Crippen LogP contribution is 2.10. The van der Waals surface area contributed by atoms with Crippen LogP contribution in [0.1, 0.15) is 71.1 Å². The molecular formula is C17H42Cl2N2. The molecular weight excluding hydrogens is 303 g/mol. The molecule has 0 aromatic rings. The van der Waals surface area contributed by atoms with Gasteiger partial charge in [0.25, 0.3) is 0 Å². The van der Waals surface area contributed by atoms with Crippen LogP contribution < -0.4 is 30.1 Å². The van der Waals surface area contributed by atoms with Crippen molar-refractivity contribution >= 4 is 0 Å². The maximum atomic E-state index is 2.29. The molecule has 0 aliphatic heterocycles. The Morgan fingerprint density at radius 3 is 1.19 bits per heavy atom. The highest BCUT2D eigenvalue weighted by atomic mass is 35.5. The fraction of sp³-hybridized carbons (Fsp3) is 1.00. The van der Waals surface area contributed by atoms with Gasteiger partial charge in [0, 0.05) is 0 Å². The monoisotopic (exact) mass is 344 g/mol. The standard InChI is InChI=1S/C15H34N.C2H7N.2ClH/c1-5-6-7-8-9-10-11-12-13-14-15-16(2,3)4;1-3-2;;/h5-15H2,1-4H3;3H,1-2H3;2*1H/q+1;;;/p-1. The van der Waals surface area contributed by atoms with Crippen LogP contribution in [0.3, 0.4) is 0 Å². The van der Waals surface area contributed by atoms with Gasteiger partial charge in [-0.1, -0.05) is 58.3 Å². The van der Waals surface area contributed by atoms with Crippen LogP contribution in [-0.4, -0.2) is 46.3 Å². The van der Waals surface area contributed by atoms with Gasteiger partial charge in [-0.2, -0.15) is 0 Å². The molecule has 0 heterocycles. The fourth-order valence-corrected chi connectivity index (χ4v) is 2.07. The van der Waals surface area contributed by atoms with Crippen molar-refractivity contribution in [3.63, 3.8) is 0 Å². The van der Waals surface area contributed by atoms with Crippen molar-refractivity contribution in [1.29, 1.82) is 0 Å². The van der Waals surface area contributed by atoms with E-state index in [1.807, 2.05) is 19.4 Å². The summed E-state index contributed by atoms with van der Waals surface area (Å²) in [6, 6.07) is 0. The maximum absolute atomic E-state index is 2.29. The zero-order valence-corrected chi connectivity index (χ0v) is 17.1. The molecule has 0 amide bonds. The van der Waals surface area contributed by atoms with Crippen LogP contribution >= 0.6 is 0 Å². The summed E-state index contributed by atoms with van der Waals surface area (Å²) in [5.74, 6) is 0. The topological polar surface area (TPSA) is 16.6 Å². The SMILES string of the molecule is CCCCCCCCCCCC[N+](C)(C)C.C[NH2+]C.[Cl-].[Cl-]. The number of nitrogens with two attached hydrogens (primary N) is 1. The van der Waals surface area contributed by atoms with E-state index < -0.39 is 0 Å². The van der Waals surface area contributed by atoms with Crippen molar-refractivity contribution in [2.24, 2.45) is 0 Å². The molecule has 4 heteroatoms. The molecule has 0 fully saturated rings. The first-order chi connectivity index (χ1) is 8.97. The number of hydrogen-bond acceptors (Lipinski definition) is 0. The molecule has 0 atom stereocenters. The lowest BCUT2D eigenvalue weighted by Crippen LogP contribution is -3.00. The van der Waals surface area contributed by atoms with Gasteiger partial charge in [0.2, 0.25) is 0 Å². The lowest BCUT2D eigenvalue weighted by atomic mass is 10.1. The van der Waals surface area contributed by atoms with Crippen molar-refractivity contribution < 1.29 is 34.6 Å². The van der Waals surface area contributed by atoms with Crippen molar-refractivity contribution in [2.75, 3.05) is 41.8 Å². The molecule has 0 aliphatic rings. The van der Waals surface area contributed by atoms with Crippen molar-refractivity contribution in [3.05, 3.63) is 0 Å². The van der Waals surface area contributed by atoms with E-state index in [1.54, 1.807) is 0 Å². The minimum atomic E-state index is 0. The first-order valence-electron chi connectivity index (χ1n) is 8.52. The summed E-state index contributed by atoms with van der Waals surface area (Å²) in [5, 5.41) is 2.00. The van der Waals surface area contributed by atoms with Gasteiger partial charge in [0.1, 0.15) is 0 Å². The van der Waals surface area contributed by atoms with Gasteiger partial charge in [-0.25, -0.2) is 0 Å². The number of halogens is 2. The van der Waals surface area contributed by atoms with Crippen LogP contribution in [-0.2, 0) is 0 Å². The van der Waals surface area contributed by atoms with Crippen LogP contribution in [0.25, 0.3) is 0 Å². The summed E-state index contributed by atoms with van der Waals surface area (Å²) in [6.07, 6.45) is 14.4. The number of nitrogens with zero attached hydrogens (tertiary/aromatic N) is 1. The van der Waals surface area contributed by atoms with Gasteiger partial charge in [-0.15, -0.1) is 0 Å². The molecule has 134 valence electrons. The van der Waals surface area contributed by atoms with E-state index in [0.29, 0.717) is 0 Å². The Morgan fingerprint density at radius 1 is 0.619 bits per heavy atom. The zero-order chi connectivity index (χ0) is 15.0. The predicted molar refractivity (Wildman–Crippen MR) is 88.5 cm³/mol. The molecule has 0 rings (SSSR count). The molecule has 21 heavy (non-hydrogen) atoms. The molecule has 0 aliphatic carbocycles. The Hall–Kier alpha value is 0.500. The number of unbranched alkanes of at least 4 members (excludes halogenated alkanes) is 9. The highest BCUT2D eigenvalue weighted by molar-refractivity contribution is 4.47. The van der Waals surface area contributed by atoms with Gasteiger partial charge in [-0.05, 0) is 12.8 Å². The van der Waals surface area contributed by atoms with Gasteiger partial charge >= 0.3 is 0 Å². The van der Waals surface area contributed by atoms with E-state index >= 15 is 0 Å². The molecule has 0 bridgehead atoms. The van der Waals surface area contributed by atoms with E-state index in [9.17, 15) is 0 Å². The van der Waals surface area contributed by atoms with Gasteiger partial charge in [-0.3, -0.25) is 0 Å². The average Bonchev–Trinajstić information content (AvgIpc) is 2.31. The Balaban J connectivity index is -0.000000264. The largest absolute Gasteiger partial charge is 1.00 e. The van der Waals surface area contributed by atoms with E-state index in [2.05, 4.69) is 28.1 Å². The van der Waals surface area contributed by atoms with Gasteiger partial charge < -0.3 is 34.6 Å². The Morgan fingerprint density at radius 2 is 0.905 bits per heavy atom. The lowest BCUT2D eigenvalue weighted by Gasteiger charge is -2.23. The second-order valence-electron chi connectivity index (χ2n) is 6.77. The van der Waals surface area contributed by atoms with Crippen LogP contribution in [0.2, 0.25) is 0 Å². The first-order valence-corrected chi connectivity index (χ1v) is 8.52. The van der Waals surface area contributed by atoms with E-state index in [0.717, 1.165) is 4.48 Å². The van der Waals surface area contributed by atoms with Crippen LogP contribution in [0.5, 0.6) is 0 Å². The minimum absolute atomic E-state index is 0. The molecule has 0 spiro atoms.